The van der Waals surface area contributed by atoms with Gasteiger partial charge in [0.05, 0.1) is 0 Å². The van der Waals surface area contributed by atoms with Crippen molar-refractivity contribution in [2.45, 2.75) is 24.8 Å². The van der Waals surface area contributed by atoms with Gasteiger partial charge >= 0.3 is 5.97 Å². The number of hydrogen-bond donors (Lipinski definition) is 3. The van der Waals surface area contributed by atoms with Crippen LogP contribution >= 0.6 is 11.3 Å². The summed E-state index contributed by atoms with van der Waals surface area (Å²) in [6, 6.07) is 10.6. The lowest BCUT2D eigenvalue weighted by atomic mass is 9.80. The minimum absolute atomic E-state index is 0.0584. The van der Waals surface area contributed by atoms with Crippen molar-refractivity contribution in [3.63, 3.8) is 0 Å². The lowest BCUT2D eigenvalue weighted by Gasteiger charge is -2.34. The van der Waals surface area contributed by atoms with Crippen LogP contribution in [-0.2, 0) is 9.59 Å². The molecule has 1 aliphatic carbocycles. The second kappa shape index (κ2) is 7.55. The van der Waals surface area contributed by atoms with Gasteiger partial charge in [-0.05, 0) is 35.6 Å². The number of fused-ring (bicyclic) bond motifs is 1. The molecule has 1 aromatic carbocycles. The monoisotopic (exact) mass is 437 g/mol. The van der Waals surface area contributed by atoms with E-state index in [9.17, 15) is 9.59 Å². The van der Waals surface area contributed by atoms with Gasteiger partial charge in [0.2, 0.25) is 11.9 Å². The second-order valence-electron chi connectivity index (χ2n) is 7.45. The lowest BCUT2D eigenvalue weighted by molar-refractivity contribution is -0.139. The first kappa shape index (κ1) is 19.3. The van der Waals surface area contributed by atoms with Crippen LogP contribution in [0.4, 0.5) is 11.9 Å². The van der Waals surface area contributed by atoms with Crippen LogP contribution < -0.4 is 15.8 Å². The van der Waals surface area contributed by atoms with Crippen molar-refractivity contribution >= 4 is 35.0 Å². The number of allylic oxidation sites excluding steroid dienone is 2. The maximum atomic E-state index is 13.3. The van der Waals surface area contributed by atoms with Crippen LogP contribution in [0.5, 0.6) is 5.75 Å². The molecule has 2 atom stereocenters. The Labute approximate surface area is 181 Å². The Hall–Kier alpha value is -3.66. The molecular weight excluding hydrogens is 418 g/mol. The fourth-order valence-corrected chi connectivity index (χ4v) is 4.98. The van der Waals surface area contributed by atoms with Crippen molar-refractivity contribution < 1.29 is 19.4 Å². The molecule has 2 aromatic heterocycles. The molecule has 0 fully saturated rings. The molecule has 2 aliphatic rings. The van der Waals surface area contributed by atoms with E-state index in [0.717, 1.165) is 11.3 Å². The van der Waals surface area contributed by atoms with Crippen LogP contribution in [0.3, 0.4) is 0 Å². The average Bonchev–Trinajstić information content (AvgIpc) is 3.40. The number of rotatable bonds is 5. The van der Waals surface area contributed by atoms with E-state index in [1.807, 2.05) is 11.4 Å². The van der Waals surface area contributed by atoms with Gasteiger partial charge in [0.15, 0.2) is 12.4 Å². The Kier molecular flexibility index (Phi) is 4.70. The smallest absolute Gasteiger partial charge is 0.341 e. The third-order valence-corrected chi connectivity index (χ3v) is 6.47. The second-order valence-corrected chi connectivity index (χ2v) is 8.43. The molecule has 1 aliphatic heterocycles. The number of nitrogens with one attached hydrogen (secondary N) is 1. The summed E-state index contributed by atoms with van der Waals surface area (Å²) in [5.74, 6) is 0.178. The normalized spacial score (nSPS) is 20.1. The average molecular weight is 437 g/mol. The highest BCUT2D eigenvalue weighted by atomic mass is 32.1. The van der Waals surface area contributed by atoms with E-state index in [1.54, 1.807) is 40.3 Å². The molecule has 3 heterocycles. The van der Waals surface area contributed by atoms with E-state index in [0.29, 0.717) is 30.1 Å². The van der Waals surface area contributed by atoms with Crippen LogP contribution in [0.1, 0.15) is 35.2 Å². The summed E-state index contributed by atoms with van der Waals surface area (Å²) in [6.45, 7) is -0.422. The van der Waals surface area contributed by atoms with Crippen molar-refractivity contribution in [2.24, 2.45) is 0 Å². The first-order valence-corrected chi connectivity index (χ1v) is 10.6. The Balaban J connectivity index is 1.53. The lowest BCUT2D eigenvalue weighted by Crippen LogP contribution is -2.33. The summed E-state index contributed by atoms with van der Waals surface area (Å²) in [5.41, 5.74) is 8.17. The largest absolute Gasteiger partial charge is 0.482 e. The van der Waals surface area contributed by atoms with Crippen molar-refractivity contribution in [1.82, 2.24) is 14.8 Å². The third-order valence-electron chi connectivity index (χ3n) is 5.44. The topological polar surface area (TPSA) is 132 Å². The van der Waals surface area contributed by atoms with Crippen LogP contribution in [0.15, 0.2) is 53.0 Å². The van der Waals surface area contributed by atoms with Crippen LogP contribution in [-0.4, -0.2) is 38.2 Å². The van der Waals surface area contributed by atoms with Crippen LogP contribution in [0.25, 0.3) is 0 Å². The molecule has 0 saturated carbocycles. The fraction of sp³-hybridized carbons (Fsp3) is 0.238. The van der Waals surface area contributed by atoms with E-state index in [4.69, 9.17) is 15.6 Å². The number of Topliss-reactive ketones (excluding diaryl/α,β-unsaturated/α-hetero) is 1. The predicted octanol–water partition coefficient (Wildman–Crippen LogP) is 2.80. The number of anilines is 2. The number of ether oxygens (including phenoxy) is 1. The molecule has 0 radical (unpaired) electrons. The molecule has 10 heteroatoms. The molecule has 0 amide bonds. The molecule has 0 spiro atoms. The number of carbonyl (C=O) groups excluding carboxylic acids is 1. The van der Waals surface area contributed by atoms with Gasteiger partial charge in [0.1, 0.15) is 11.8 Å². The Morgan fingerprint density at radius 1 is 1.29 bits per heavy atom. The molecule has 4 N–H and O–H groups in total. The van der Waals surface area contributed by atoms with Gasteiger partial charge in [-0.2, -0.15) is 4.98 Å². The minimum Gasteiger partial charge on any atom is -0.482 e. The third kappa shape index (κ3) is 3.55. The Morgan fingerprint density at radius 2 is 2.10 bits per heavy atom. The fourth-order valence-electron chi connectivity index (χ4n) is 4.15. The highest BCUT2D eigenvalue weighted by molar-refractivity contribution is 7.10. The SMILES string of the molecule is Nc1nc2n(n1)[C@H](c1ccc(OCC(=O)O)cc1)C1=C(C[C@H](c3cccs3)CC1=O)N2. The molecule has 0 unspecified atom stereocenters. The summed E-state index contributed by atoms with van der Waals surface area (Å²) < 4.78 is 6.85. The molecular formula is C21H19N5O4S. The van der Waals surface area contributed by atoms with E-state index >= 15 is 0 Å². The number of aromatic nitrogens is 3. The minimum atomic E-state index is -1.05. The van der Waals surface area contributed by atoms with Crippen LogP contribution in [0.2, 0.25) is 0 Å². The van der Waals surface area contributed by atoms with Crippen molar-refractivity contribution in [3.8, 4) is 5.75 Å². The van der Waals surface area contributed by atoms with Crippen LogP contribution in [0, 0.1) is 0 Å². The Morgan fingerprint density at radius 3 is 2.81 bits per heavy atom. The highest BCUT2D eigenvalue weighted by Gasteiger charge is 2.39. The van der Waals surface area contributed by atoms with E-state index < -0.39 is 18.6 Å². The van der Waals surface area contributed by atoms with Gasteiger partial charge in [0.25, 0.3) is 0 Å². The summed E-state index contributed by atoms with van der Waals surface area (Å²) in [6.07, 6.45) is 1.13. The zero-order chi connectivity index (χ0) is 21.5. The number of thiophene rings is 1. The highest BCUT2D eigenvalue weighted by Crippen LogP contribution is 2.45. The summed E-state index contributed by atoms with van der Waals surface area (Å²) in [5, 5.41) is 18.4. The van der Waals surface area contributed by atoms with Gasteiger partial charge in [0, 0.05) is 28.5 Å². The van der Waals surface area contributed by atoms with Gasteiger partial charge in [-0.3, -0.25) is 4.79 Å². The number of ketones is 1. The van der Waals surface area contributed by atoms with E-state index in [2.05, 4.69) is 21.5 Å². The Bertz CT molecular complexity index is 1180. The molecule has 0 saturated heterocycles. The maximum absolute atomic E-state index is 13.3. The quantitative estimate of drug-likeness (QED) is 0.555. The van der Waals surface area contributed by atoms with Gasteiger partial charge in [-0.15, -0.1) is 16.4 Å². The van der Waals surface area contributed by atoms with Gasteiger partial charge in [-0.25, -0.2) is 9.48 Å². The van der Waals surface area contributed by atoms with Crippen molar-refractivity contribution in [2.75, 3.05) is 17.7 Å². The molecule has 31 heavy (non-hydrogen) atoms. The number of carboxylic acid groups (broad SMARTS) is 1. The number of hydrogen-bond acceptors (Lipinski definition) is 8. The molecule has 5 rings (SSSR count). The first-order chi connectivity index (χ1) is 15.0. The maximum Gasteiger partial charge on any atom is 0.341 e. The molecule has 158 valence electrons. The number of nitrogens with two attached hydrogens (primary N) is 1. The van der Waals surface area contributed by atoms with Crippen molar-refractivity contribution in [3.05, 3.63) is 63.5 Å². The first-order valence-electron chi connectivity index (χ1n) is 9.73. The summed E-state index contributed by atoms with van der Waals surface area (Å²) >= 11 is 1.65. The summed E-state index contributed by atoms with van der Waals surface area (Å²) in [7, 11) is 0. The molecule has 0 bridgehead atoms. The van der Waals surface area contributed by atoms with Gasteiger partial charge in [-0.1, -0.05) is 18.2 Å². The number of carbonyl (C=O) groups is 2. The summed E-state index contributed by atoms with van der Waals surface area (Å²) in [4.78, 5) is 29.5. The number of nitrogens with zero attached hydrogens (tertiary/aromatic N) is 3. The number of nitrogen functional groups attached to an aromatic ring is 1. The molecule has 3 aromatic rings. The number of carboxylic acids is 1. The van der Waals surface area contributed by atoms with E-state index in [-0.39, 0.29) is 17.6 Å². The number of aliphatic carboxylic acids is 1. The zero-order valence-corrected chi connectivity index (χ0v) is 17.1. The van der Waals surface area contributed by atoms with E-state index in [1.165, 1.54) is 4.88 Å². The standard InChI is InChI=1S/C21H19N5O4S/c22-20-24-21-23-14-8-12(16-2-1-7-31-16)9-15(27)18(14)19(26(21)25-20)11-3-5-13(6-4-11)30-10-17(28)29/h1-7,12,19H,8-10H2,(H,28,29)(H3,22,23,24,25)/t12-,19+/m0/s1. The number of benzene rings is 1. The van der Waals surface area contributed by atoms with Gasteiger partial charge < -0.3 is 20.9 Å². The van der Waals surface area contributed by atoms with Crippen molar-refractivity contribution in [1.29, 1.82) is 0 Å². The predicted molar refractivity (Wildman–Crippen MR) is 114 cm³/mol. The zero-order valence-electron chi connectivity index (χ0n) is 16.3. The molecule has 9 nitrogen and oxygen atoms in total.